The lowest BCUT2D eigenvalue weighted by Crippen LogP contribution is -1.96. The first-order valence-electron chi connectivity index (χ1n) is 5.42. The average Bonchev–Trinajstić information content (AvgIpc) is 2.41. The maximum absolute atomic E-state index is 10.8. The van der Waals surface area contributed by atoms with E-state index in [1.165, 1.54) is 12.1 Å². The van der Waals surface area contributed by atoms with E-state index in [0.29, 0.717) is 10.7 Å². The van der Waals surface area contributed by atoms with Gasteiger partial charge in [-0.3, -0.25) is 10.1 Å². The van der Waals surface area contributed by atoms with Gasteiger partial charge in [0.05, 0.1) is 10.6 Å². The maximum Gasteiger partial charge on any atom is 0.287 e. The van der Waals surface area contributed by atoms with Crippen molar-refractivity contribution < 1.29 is 4.92 Å². The minimum atomic E-state index is -0.583. The van der Waals surface area contributed by atoms with E-state index in [9.17, 15) is 10.1 Å². The van der Waals surface area contributed by atoms with E-state index in [-0.39, 0.29) is 11.3 Å². The van der Waals surface area contributed by atoms with E-state index >= 15 is 0 Å². The molecule has 2 aromatic carbocycles. The highest BCUT2D eigenvalue weighted by molar-refractivity contribution is 9.10. The van der Waals surface area contributed by atoms with Gasteiger partial charge in [-0.25, -0.2) is 0 Å². The molecule has 1 N–H and O–H groups in total. The van der Waals surface area contributed by atoms with Gasteiger partial charge in [-0.15, -0.1) is 0 Å². The van der Waals surface area contributed by atoms with Crippen molar-refractivity contribution in [1.82, 2.24) is 0 Å². The Balaban J connectivity index is 2.35. The van der Waals surface area contributed by atoms with Crippen molar-refractivity contribution in [3.05, 3.63) is 61.6 Å². The Morgan fingerprint density at radius 3 is 2.65 bits per heavy atom. The fourth-order valence-corrected chi connectivity index (χ4v) is 2.39. The van der Waals surface area contributed by atoms with E-state index in [1.54, 1.807) is 24.3 Å². The molecule has 20 heavy (non-hydrogen) atoms. The van der Waals surface area contributed by atoms with Crippen LogP contribution in [0.25, 0.3) is 0 Å². The fraction of sp³-hybridized carbons (Fsp3) is 0. The predicted octanol–water partition coefficient (Wildman–Crippen LogP) is 4.63. The summed E-state index contributed by atoms with van der Waals surface area (Å²) in [4.78, 5) is 10.2. The molecule has 0 saturated heterocycles. The van der Waals surface area contributed by atoms with Crippen molar-refractivity contribution in [3.8, 4) is 6.07 Å². The van der Waals surface area contributed by atoms with Crippen LogP contribution >= 0.6 is 27.5 Å². The first-order valence-corrected chi connectivity index (χ1v) is 6.59. The standard InChI is InChI=1S/C13H7BrClN3O2/c14-11-6-9(15)1-3-12(11)17-10-2-4-13(18(19)20)8(5-10)7-16/h1-6,17H. The fourth-order valence-electron chi connectivity index (χ4n) is 1.61. The molecule has 0 aliphatic carbocycles. The molecule has 100 valence electrons. The van der Waals surface area contributed by atoms with Gasteiger partial charge in [0.15, 0.2) is 0 Å². The predicted molar refractivity (Wildman–Crippen MR) is 80.2 cm³/mol. The zero-order valence-corrected chi connectivity index (χ0v) is 12.3. The summed E-state index contributed by atoms with van der Waals surface area (Å²) in [6.45, 7) is 0. The number of nitro groups is 1. The molecule has 0 bridgehead atoms. The van der Waals surface area contributed by atoms with Crippen LogP contribution in [0.5, 0.6) is 0 Å². The van der Waals surface area contributed by atoms with Crippen molar-refractivity contribution in [3.63, 3.8) is 0 Å². The van der Waals surface area contributed by atoms with Gasteiger partial charge < -0.3 is 5.32 Å². The van der Waals surface area contributed by atoms with Gasteiger partial charge >= 0.3 is 0 Å². The second-order valence-corrected chi connectivity index (χ2v) is 5.14. The van der Waals surface area contributed by atoms with Crippen LogP contribution < -0.4 is 5.32 Å². The van der Waals surface area contributed by atoms with E-state index in [1.807, 2.05) is 6.07 Å². The van der Waals surface area contributed by atoms with Crippen molar-refractivity contribution in [2.75, 3.05) is 5.32 Å². The number of hydrogen-bond donors (Lipinski definition) is 1. The van der Waals surface area contributed by atoms with Gasteiger partial charge in [0.25, 0.3) is 5.69 Å². The van der Waals surface area contributed by atoms with E-state index < -0.39 is 4.92 Å². The molecule has 0 heterocycles. The van der Waals surface area contributed by atoms with Crippen LogP contribution in [0.15, 0.2) is 40.9 Å². The van der Waals surface area contributed by atoms with E-state index in [2.05, 4.69) is 21.2 Å². The summed E-state index contributed by atoms with van der Waals surface area (Å²) in [7, 11) is 0. The lowest BCUT2D eigenvalue weighted by Gasteiger charge is -2.09. The van der Waals surface area contributed by atoms with Crippen LogP contribution in [-0.4, -0.2) is 4.92 Å². The summed E-state index contributed by atoms with van der Waals surface area (Å²) in [6.07, 6.45) is 0. The summed E-state index contributed by atoms with van der Waals surface area (Å²) in [6, 6.07) is 11.3. The maximum atomic E-state index is 10.8. The molecule has 7 heteroatoms. The summed E-state index contributed by atoms with van der Waals surface area (Å²) in [5.41, 5.74) is 1.11. The Kier molecular flexibility index (Phi) is 4.23. The molecular formula is C13H7BrClN3O2. The minimum Gasteiger partial charge on any atom is -0.355 e. The van der Waals surface area contributed by atoms with Crippen molar-refractivity contribution >= 4 is 44.6 Å². The molecule has 0 spiro atoms. The number of rotatable bonds is 3. The molecule has 2 rings (SSSR count). The van der Waals surface area contributed by atoms with Crippen molar-refractivity contribution in [1.29, 1.82) is 5.26 Å². The molecule has 0 aliphatic heterocycles. The van der Waals surface area contributed by atoms with Crippen LogP contribution in [0.4, 0.5) is 17.1 Å². The number of nitro benzene ring substituents is 1. The molecular weight excluding hydrogens is 346 g/mol. The highest BCUT2D eigenvalue weighted by Crippen LogP contribution is 2.30. The zero-order valence-electron chi connectivity index (χ0n) is 9.93. The van der Waals surface area contributed by atoms with Gasteiger partial charge in [-0.05, 0) is 46.3 Å². The number of nitriles is 1. The van der Waals surface area contributed by atoms with Gasteiger partial charge in [-0.2, -0.15) is 5.26 Å². The van der Waals surface area contributed by atoms with E-state index in [4.69, 9.17) is 16.9 Å². The number of nitrogens with zero attached hydrogens (tertiary/aromatic N) is 2. The summed E-state index contributed by atoms with van der Waals surface area (Å²) in [5, 5.41) is 23.3. The number of halogens is 2. The highest BCUT2D eigenvalue weighted by Gasteiger charge is 2.14. The second-order valence-electron chi connectivity index (χ2n) is 3.85. The third kappa shape index (κ3) is 3.07. The van der Waals surface area contributed by atoms with Gasteiger partial charge in [-0.1, -0.05) is 11.6 Å². The number of hydrogen-bond acceptors (Lipinski definition) is 4. The Morgan fingerprint density at radius 1 is 1.30 bits per heavy atom. The first-order chi connectivity index (χ1) is 9.51. The SMILES string of the molecule is N#Cc1cc(Nc2ccc(Cl)cc2Br)ccc1[N+](=O)[O-]. The average molecular weight is 353 g/mol. The zero-order chi connectivity index (χ0) is 14.7. The molecule has 0 amide bonds. The summed E-state index contributed by atoms with van der Waals surface area (Å²) < 4.78 is 0.752. The molecule has 0 saturated carbocycles. The molecule has 5 nitrogen and oxygen atoms in total. The van der Waals surface area contributed by atoms with Crippen LogP contribution in [0.1, 0.15) is 5.56 Å². The highest BCUT2D eigenvalue weighted by atomic mass is 79.9. The van der Waals surface area contributed by atoms with Crippen LogP contribution in [0.2, 0.25) is 5.02 Å². The Hall–Kier alpha value is -2.10. The van der Waals surface area contributed by atoms with E-state index in [0.717, 1.165) is 10.2 Å². The first kappa shape index (κ1) is 14.3. The minimum absolute atomic E-state index is 0.00471. The monoisotopic (exact) mass is 351 g/mol. The molecule has 0 aromatic heterocycles. The normalized spacial score (nSPS) is 9.85. The Bertz CT molecular complexity index is 728. The number of anilines is 2. The molecule has 0 atom stereocenters. The largest absolute Gasteiger partial charge is 0.355 e. The summed E-state index contributed by atoms with van der Waals surface area (Å²) in [5.74, 6) is 0. The van der Waals surface area contributed by atoms with Crippen molar-refractivity contribution in [2.24, 2.45) is 0 Å². The third-order valence-electron chi connectivity index (χ3n) is 2.52. The smallest absolute Gasteiger partial charge is 0.287 e. The van der Waals surface area contributed by atoms with Crippen LogP contribution in [0.3, 0.4) is 0 Å². The lowest BCUT2D eigenvalue weighted by atomic mass is 10.1. The molecule has 0 aliphatic rings. The molecule has 0 radical (unpaired) electrons. The molecule has 0 fully saturated rings. The van der Waals surface area contributed by atoms with Crippen molar-refractivity contribution in [2.45, 2.75) is 0 Å². The Labute approximate surface area is 128 Å². The second kappa shape index (κ2) is 5.90. The quantitative estimate of drug-likeness (QED) is 0.645. The van der Waals surface area contributed by atoms with Gasteiger partial charge in [0.2, 0.25) is 0 Å². The molecule has 2 aromatic rings. The number of benzene rings is 2. The van der Waals surface area contributed by atoms with Crippen LogP contribution in [-0.2, 0) is 0 Å². The topological polar surface area (TPSA) is 79.0 Å². The van der Waals surface area contributed by atoms with Crippen LogP contribution in [0, 0.1) is 21.4 Å². The number of nitrogens with one attached hydrogen (secondary N) is 1. The van der Waals surface area contributed by atoms with Gasteiger partial charge in [0, 0.05) is 21.2 Å². The summed E-state index contributed by atoms with van der Waals surface area (Å²) >= 11 is 9.21. The third-order valence-corrected chi connectivity index (χ3v) is 3.42. The van der Waals surface area contributed by atoms with Gasteiger partial charge in [0.1, 0.15) is 11.6 Å². The Morgan fingerprint density at radius 2 is 2.05 bits per heavy atom. The lowest BCUT2D eigenvalue weighted by molar-refractivity contribution is -0.385. The molecule has 0 unspecified atom stereocenters.